The van der Waals surface area contributed by atoms with Crippen LogP contribution in [-0.4, -0.2) is 45.1 Å². The molecule has 3 aromatic rings. The third-order valence-electron chi connectivity index (χ3n) is 5.89. The third-order valence-corrected chi connectivity index (χ3v) is 7.20. The van der Waals surface area contributed by atoms with Crippen molar-refractivity contribution in [3.63, 3.8) is 0 Å². The number of phenols is 1. The van der Waals surface area contributed by atoms with E-state index in [1.807, 2.05) is 65.6 Å². The second-order valence-electron chi connectivity index (χ2n) is 8.17. The third kappa shape index (κ3) is 5.40. The molecular weight excluding hydrogens is 432 g/mol. The number of carbonyl (C=O) groups is 2. The largest absolute Gasteiger partial charge is 0.508 e. The highest BCUT2D eigenvalue weighted by Crippen LogP contribution is 2.44. The summed E-state index contributed by atoms with van der Waals surface area (Å²) in [4.78, 5) is 30.0. The molecule has 0 bridgehead atoms. The number of phenolic OH excluding ortho intramolecular Hbond substituents is 1. The van der Waals surface area contributed by atoms with E-state index in [-0.39, 0.29) is 22.9 Å². The highest BCUT2D eigenvalue weighted by Gasteiger charge is 2.43. The zero-order valence-corrected chi connectivity index (χ0v) is 19.4. The van der Waals surface area contributed by atoms with Crippen LogP contribution in [0, 0.1) is 0 Å². The molecule has 4 rings (SSSR count). The average Bonchev–Trinajstić information content (AvgIpc) is 3.28. The number of para-hydroxylation sites is 1. The number of aromatic hydroxyl groups is 1. The number of hydrogen-bond acceptors (Lipinski definition) is 4. The lowest BCUT2D eigenvalue weighted by Crippen LogP contribution is -2.49. The summed E-state index contributed by atoms with van der Waals surface area (Å²) in [5, 5.41) is 9.98. The van der Waals surface area contributed by atoms with Crippen molar-refractivity contribution < 1.29 is 14.7 Å². The molecule has 0 aromatic heterocycles. The van der Waals surface area contributed by atoms with Crippen molar-refractivity contribution in [3.05, 3.63) is 102 Å². The minimum atomic E-state index is -0.573. The molecule has 0 spiro atoms. The maximum Gasteiger partial charge on any atom is 0.246 e. The van der Waals surface area contributed by atoms with Gasteiger partial charge in [0.15, 0.2) is 0 Å². The lowest BCUT2D eigenvalue weighted by Gasteiger charge is -2.32. The van der Waals surface area contributed by atoms with Crippen molar-refractivity contribution in [2.75, 3.05) is 12.3 Å². The van der Waals surface area contributed by atoms with E-state index in [4.69, 9.17) is 0 Å². The minimum Gasteiger partial charge on any atom is -0.508 e. The van der Waals surface area contributed by atoms with Gasteiger partial charge >= 0.3 is 0 Å². The van der Waals surface area contributed by atoms with Gasteiger partial charge in [-0.15, -0.1) is 11.8 Å². The molecule has 1 saturated heterocycles. The van der Waals surface area contributed by atoms with Gasteiger partial charge in [-0.25, -0.2) is 0 Å². The Morgan fingerprint density at radius 1 is 0.939 bits per heavy atom. The van der Waals surface area contributed by atoms with E-state index in [1.54, 1.807) is 17.0 Å². The zero-order valence-electron chi connectivity index (χ0n) is 18.6. The van der Waals surface area contributed by atoms with Crippen molar-refractivity contribution in [2.45, 2.75) is 31.3 Å². The number of amides is 2. The summed E-state index contributed by atoms with van der Waals surface area (Å²) in [6.45, 7) is 2.54. The summed E-state index contributed by atoms with van der Waals surface area (Å²) in [5.74, 6) is 0.401. The smallest absolute Gasteiger partial charge is 0.246 e. The Morgan fingerprint density at radius 3 is 2.18 bits per heavy atom. The van der Waals surface area contributed by atoms with E-state index in [0.717, 1.165) is 12.0 Å². The van der Waals surface area contributed by atoms with Gasteiger partial charge in [0, 0.05) is 31.3 Å². The number of hydrogen-bond donors (Lipinski definition) is 1. The molecule has 5 nitrogen and oxygen atoms in total. The van der Waals surface area contributed by atoms with Crippen LogP contribution >= 0.6 is 11.8 Å². The van der Waals surface area contributed by atoms with Gasteiger partial charge in [-0.05, 0) is 23.6 Å². The van der Waals surface area contributed by atoms with Crippen molar-refractivity contribution >= 4 is 23.6 Å². The molecule has 1 N–H and O–H groups in total. The van der Waals surface area contributed by atoms with E-state index in [1.165, 1.54) is 24.2 Å². The molecule has 3 aromatic carbocycles. The molecule has 2 atom stereocenters. The Hall–Kier alpha value is -3.25. The van der Waals surface area contributed by atoms with Crippen LogP contribution < -0.4 is 0 Å². The van der Waals surface area contributed by atoms with Crippen LogP contribution in [0.15, 0.2) is 84.9 Å². The summed E-state index contributed by atoms with van der Waals surface area (Å²) in [7, 11) is 0. The van der Waals surface area contributed by atoms with Crippen LogP contribution in [0.4, 0.5) is 0 Å². The molecule has 0 unspecified atom stereocenters. The quantitative estimate of drug-likeness (QED) is 0.559. The van der Waals surface area contributed by atoms with Crippen molar-refractivity contribution in [2.24, 2.45) is 0 Å². The van der Waals surface area contributed by atoms with Gasteiger partial charge in [-0.2, -0.15) is 0 Å². The number of nitrogens with zero attached hydrogens (tertiary/aromatic N) is 2. The van der Waals surface area contributed by atoms with E-state index in [2.05, 4.69) is 12.1 Å². The van der Waals surface area contributed by atoms with Gasteiger partial charge < -0.3 is 14.9 Å². The summed E-state index contributed by atoms with van der Waals surface area (Å²) in [6, 6.07) is 26.5. The molecule has 170 valence electrons. The SMILES string of the molecule is CC(=O)N1[C@@H](c2ccccc2O)SC[C@H]1C(=O)N(CCc1ccccc1)Cc1ccccc1. The first-order chi connectivity index (χ1) is 16.0. The number of thioether (sulfide) groups is 1. The second kappa shape index (κ2) is 10.6. The summed E-state index contributed by atoms with van der Waals surface area (Å²) < 4.78 is 0. The Morgan fingerprint density at radius 2 is 1.55 bits per heavy atom. The molecule has 0 radical (unpaired) electrons. The Kier molecular flexibility index (Phi) is 7.35. The van der Waals surface area contributed by atoms with Crippen LogP contribution in [-0.2, 0) is 22.6 Å². The maximum atomic E-state index is 13.8. The van der Waals surface area contributed by atoms with E-state index < -0.39 is 6.04 Å². The topological polar surface area (TPSA) is 60.9 Å². The number of benzene rings is 3. The first-order valence-electron chi connectivity index (χ1n) is 11.1. The van der Waals surface area contributed by atoms with E-state index >= 15 is 0 Å². The average molecular weight is 461 g/mol. The molecule has 33 heavy (non-hydrogen) atoms. The van der Waals surface area contributed by atoms with Crippen LogP contribution in [0.3, 0.4) is 0 Å². The predicted molar refractivity (Wildman–Crippen MR) is 132 cm³/mol. The molecule has 6 heteroatoms. The predicted octanol–water partition coefficient (Wildman–Crippen LogP) is 4.63. The van der Waals surface area contributed by atoms with Crippen LogP contribution in [0.2, 0.25) is 0 Å². The molecule has 1 aliphatic heterocycles. The van der Waals surface area contributed by atoms with Crippen molar-refractivity contribution in [1.29, 1.82) is 0 Å². The zero-order chi connectivity index (χ0) is 23.2. The maximum absolute atomic E-state index is 13.8. The summed E-state index contributed by atoms with van der Waals surface area (Å²) >= 11 is 1.52. The molecule has 0 aliphatic carbocycles. The first-order valence-corrected chi connectivity index (χ1v) is 12.1. The van der Waals surface area contributed by atoms with Crippen LogP contribution in [0.5, 0.6) is 5.75 Å². The lowest BCUT2D eigenvalue weighted by molar-refractivity contribution is -0.144. The van der Waals surface area contributed by atoms with Gasteiger partial charge in [0.25, 0.3) is 0 Å². The monoisotopic (exact) mass is 460 g/mol. The molecule has 1 aliphatic rings. The molecule has 0 saturated carbocycles. The highest BCUT2D eigenvalue weighted by atomic mass is 32.2. The van der Waals surface area contributed by atoms with E-state index in [0.29, 0.717) is 24.4 Å². The lowest BCUT2D eigenvalue weighted by atomic mass is 10.1. The fourth-order valence-electron chi connectivity index (χ4n) is 4.21. The van der Waals surface area contributed by atoms with Crippen molar-refractivity contribution in [3.8, 4) is 5.75 Å². The Bertz CT molecular complexity index is 1090. The molecule has 1 heterocycles. The van der Waals surface area contributed by atoms with Gasteiger partial charge in [0.2, 0.25) is 11.8 Å². The first kappa shape index (κ1) is 22.9. The van der Waals surface area contributed by atoms with E-state index in [9.17, 15) is 14.7 Å². The van der Waals surface area contributed by atoms with Gasteiger partial charge in [0.05, 0.1) is 0 Å². The Balaban J connectivity index is 1.58. The van der Waals surface area contributed by atoms with Gasteiger partial charge in [0.1, 0.15) is 17.2 Å². The summed E-state index contributed by atoms with van der Waals surface area (Å²) in [6.07, 6.45) is 0.738. The van der Waals surface area contributed by atoms with Crippen LogP contribution in [0.1, 0.15) is 29.0 Å². The number of rotatable bonds is 7. The summed E-state index contributed by atoms with van der Waals surface area (Å²) in [5.41, 5.74) is 2.88. The fraction of sp³-hybridized carbons (Fsp3) is 0.259. The van der Waals surface area contributed by atoms with Gasteiger partial charge in [-0.3, -0.25) is 9.59 Å². The fourth-order valence-corrected chi connectivity index (χ4v) is 5.71. The second-order valence-corrected chi connectivity index (χ2v) is 9.28. The normalized spacial score (nSPS) is 17.7. The molecule has 1 fully saturated rings. The standard InChI is InChI=1S/C27H28N2O3S/c1-20(30)29-24(19-33-27(29)23-14-8-9-15-25(23)31)26(32)28(18-22-12-6-3-7-13-22)17-16-21-10-4-2-5-11-21/h2-15,24,27,31H,16-19H2,1H3/t24-,27+/m0/s1. The Labute approximate surface area is 199 Å². The molecule has 2 amide bonds. The van der Waals surface area contributed by atoms with Crippen molar-refractivity contribution in [1.82, 2.24) is 9.80 Å². The molecular formula is C27H28N2O3S. The van der Waals surface area contributed by atoms with Crippen LogP contribution in [0.25, 0.3) is 0 Å². The number of carbonyl (C=O) groups excluding carboxylic acids is 2. The minimum absolute atomic E-state index is 0.0598. The highest BCUT2D eigenvalue weighted by molar-refractivity contribution is 7.99. The van der Waals surface area contributed by atoms with Gasteiger partial charge in [-0.1, -0.05) is 78.9 Å².